The molecule has 0 radical (unpaired) electrons. The van der Waals surface area contributed by atoms with Crippen molar-refractivity contribution in [2.24, 2.45) is 21.4 Å². The van der Waals surface area contributed by atoms with Crippen molar-refractivity contribution in [1.82, 2.24) is 10.6 Å². The zero-order valence-electron chi connectivity index (χ0n) is 26.9. The number of carbonyl (C=O) groups is 3. The number of nitrogens with zero attached hydrogens (tertiary/aromatic N) is 3. The van der Waals surface area contributed by atoms with E-state index in [2.05, 4.69) is 20.7 Å². The number of ether oxygens (including phenoxy) is 4. The summed E-state index contributed by atoms with van der Waals surface area (Å²) in [6.45, 7) is 7.85. The Morgan fingerprint density at radius 1 is 0.841 bits per heavy atom. The maximum atomic E-state index is 13.6. The van der Waals surface area contributed by atoms with Crippen molar-refractivity contribution in [3.8, 4) is 0 Å². The second-order valence-electron chi connectivity index (χ2n) is 12.0. The molecule has 0 rings (SSSR count). The molecule has 0 saturated carbocycles. The van der Waals surface area contributed by atoms with Gasteiger partial charge in [0.15, 0.2) is 0 Å². The minimum Gasteiger partial charge on any atom is -0.462 e. The zero-order valence-corrected chi connectivity index (χ0v) is 26.9. The third kappa shape index (κ3) is 16.0. The molecule has 5 unspecified atom stereocenters. The average Bonchev–Trinajstić information content (AvgIpc) is 2.97. The highest BCUT2D eigenvalue weighted by Gasteiger charge is 2.50. The van der Waals surface area contributed by atoms with Crippen LogP contribution in [0.5, 0.6) is 0 Å². The summed E-state index contributed by atoms with van der Waals surface area (Å²) in [5.41, 5.74) is 4.30. The van der Waals surface area contributed by atoms with E-state index in [0.29, 0.717) is 13.2 Å². The second kappa shape index (κ2) is 21.2. The van der Waals surface area contributed by atoms with Gasteiger partial charge in [-0.2, -0.15) is 0 Å². The van der Waals surface area contributed by atoms with Crippen molar-refractivity contribution in [3.63, 3.8) is 0 Å². The van der Waals surface area contributed by atoms with Gasteiger partial charge < -0.3 is 50.0 Å². The zero-order chi connectivity index (χ0) is 33.8. The van der Waals surface area contributed by atoms with E-state index in [-0.39, 0.29) is 58.7 Å². The molecule has 16 nitrogen and oxygen atoms in total. The minimum absolute atomic E-state index is 0.0860. The van der Waals surface area contributed by atoms with Gasteiger partial charge in [0.05, 0.1) is 36.1 Å². The van der Waals surface area contributed by atoms with Crippen molar-refractivity contribution in [2.45, 2.75) is 72.2 Å². The van der Waals surface area contributed by atoms with Gasteiger partial charge in [-0.05, 0) is 59.5 Å². The van der Waals surface area contributed by atoms with E-state index in [9.17, 15) is 29.7 Å². The van der Waals surface area contributed by atoms with Crippen LogP contribution in [0, 0.1) is 16.2 Å². The number of carbonyl (C=O) groups excluding carboxylic acids is 3. The lowest BCUT2D eigenvalue weighted by Gasteiger charge is -2.39. The Morgan fingerprint density at radius 2 is 1.39 bits per heavy atom. The van der Waals surface area contributed by atoms with Crippen LogP contribution in [0.25, 0.3) is 10.4 Å². The van der Waals surface area contributed by atoms with E-state index in [1.54, 1.807) is 41.7 Å². The maximum Gasteiger partial charge on any atom is 0.311 e. The van der Waals surface area contributed by atoms with Gasteiger partial charge >= 0.3 is 17.9 Å². The van der Waals surface area contributed by atoms with Crippen LogP contribution in [0.15, 0.2) is 5.11 Å². The van der Waals surface area contributed by atoms with Crippen LogP contribution < -0.4 is 10.6 Å². The van der Waals surface area contributed by atoms with Crippen molar-refractivity contribution in [2.75, 3.05) is 72.9 Å². The molecule has 0 aromatic carbocycles. The van der Waals surface area contributed by atoms with Crippen molar-refractivity contribution < 1.29 is 53.8 Å². The standard InChI is InChI=1S/C28H53N5O11/c1-7-27(4,24(39)43-15-20(35)12-30-6)19-28(5,18-26(2,3)23(38)42-17-22(37)14-34)25(40)44-16-21(36)13-31-8-10-41-11-9-32-33-29/h20-22,30-31,34-37H,7-19H2,1-6H3. The monoisotopic (exact) mass is 635 g/mol. The summed E-state index contributed by atoms with van der Waals surface area (Å²) in [4.78, 5) is 42.4. The Bertz CT molecular complexity index is 918. The molecule has 0 aliphatic heterocycles. The summed E-state index contributed by atoms with van der Waals surface area (Å²) < 4.78 is 21.3. The molecule has 256 valence electrons. The van der Waals surface area contributed by atoms with Crippen molar-refractivity contribution in [3.05, 3.63) is 10.4 Å². The number of nitrogens with one attached hydrogen (secondary N) is 2. The first-order valence-electron chi connectivity index (χ1n) is 14.7. The molecule has 5 atom stereocenters. The number of aliphatic hydroxyl groups is 4. The normalized spacial score (nSPS) is 16.4. The highest BCUT2D eigenvalue weighted by molar-refractivity contribution is 5.82. The van der Waals surface area contributed by atoms with Gasteiger partial charge in [0.25, 0.3) is 0 Å². The van der Waals surface area contributed by atoms with Crippen LogP contribution >= 0.6 is 0 Å². The largest absolute Gasteiger partial charge is 0.462 e. The smallest absolute Gasteiger partial charge is 0.311 e. The number of esters is 3. The second-order valence-corrected chi connectivity index (χ2v) is 12.0. The molecular formula is C28H53N5O11. The summed E-state index contributed by atoms with van der Waals surface area (Å²) in [5, 5.41) is 48.1. The Labute approximate surface area is 259 Å². The number of azide groups is 1. The Balaban J connectivity index is 5.65. The lowest BCUT2D eigenvalue weighted by atomic mass is 9.65. The van der Waals surface area contributed by atoms with Crippen LogP contribution in [-0.4, -0.2) is 130 Å². The van der Waals surface area contributed by atoms with E-state index < -0.39 is 65.7 Å². The SMILES string of the molecule is CCC(C)(CC(C)(CC(C)(C)C(=O)OCC(O)CO)C(=O)OCC(O)CNCCOCCN=[N+]=[N-])C(=O)OCC(O)CNC. The molecule has 0 aromatic rings. The van der Waals surface area contributed by atoms with Crippen LogP contribution in [0.3, 0.4) is 0 Å². The topological polar surface area (TPSA) is 242 Å². The van der Waals surface area contributed by atoms with Gasteiger partial charge in [0.1, 0.15) is 38.1 Å². The summed E-state index contributed by atoms with van der Waals surface area (Å²) in [7, 11) is 1.65. The average molecular weight is 636 g/mol. The molecular weight excluding hydrogens is 582 g/mol. The van der Waals surface area contributed by atoms with Gasteiger partial charge in [-0.3, -0.25) is 14.4 Å². The molecule has 0 saturated heterocycles. The predicted molar refractivity (Wildman–Crippen MR) is 159 cm³/mol. The van der Waals surface area contributed by atoms with E-state index in [4.69, 9.17) is 29.6 Å². The molecule has 0 fully saturated rings. The van der Waals surface area contributed by atoms with E-state index in [1.165, 1.54) is 0 Å². The molecule has 0 bridgehead atoms. The Morgan fingerprint density at radius 3 is 1.93 bits per heavy atom. The first-order valence-corrected chi connectivity index (χ1v) is 14.7. The molecule has 16 heteroatoms. The summed E-state index contributed by atoms with van der Waals surface area (Å²) >= 11 is 0. The number of aliphatic hydroxyl groups excluding tert-OH is 4. The number of hydrogen-bond acceptors (Lipinski definition) is 14. The van der Waals surface area contributed by atoms with Gasteiger partial charge in [-0.1, -0.05) is 12.0 Å². The number of rotatable bonds is 25. The Hall–Kier alpha value is -2.56. The third-order valence-corrected chi connectivity index (χ3v) is 7.00. The summed E-state index contributed by atoms with van der Waals surface area (Å²) in [6.07, 6.45) is -3.21. The predicted octanol–water partition coefficient (Wildman–Crippen LogP) is 0.0559. The number of likely N-dealkylation sites (N-methyl/N-ethyl adjacent to an activating group) is 1. The molecule has 0 spiro atoms. The molecule has 6 N–H and O–H groups in total. The number of hydrogen-bond donors (Lipinski definition) is 6. The fraction of sp³-hybridized carbons (Fsp3) is 0.893. The molecule has 44 heavy (non-hydrogen) atoms. The van der Waals surface area contributed by atoms with Crippen LogP contribution in [-0.2, 0) is 33.3 Å². The highest BCUT2D eigenvalue weighted by atomic mass is 16.6. The van der Waals surface area contributed by atoms with Gasteiger partial charge in [0, 0.05) is 31.1 Å². The van der Waals surface area contributed by atoms with Gasteiger partial charge in [-0.15, -0.1) is 0 Å². The van der Waals surface area contributed by atoms with Gasteiger partial charge in [0.2, 0.25) is 0 Å². The molecule has 0 amide bonds. The fourth-order valence-electron chi connectivity index (χ4n) is 4.59. The lowest BCUT2D eigenvalue weighted by molar-refractivity contribution is -0.172. The minimum atomic E-state index is -1.45. The highest BCUT2D eigenvalue weighted by Crippen LogP contribution is 2.45. The van der Waals surface area contributed by atoms with Crippen molar-refractivity contribution in [1.29, 1.82) is 0 Å². The molecule has 0 aromatic heterocycles. The van der Waals surface area contributed by atoms with Crippen LogP contribution in [0.2, 0.25) is 0 Å². The van der Waals surface area contributed by atoms with Crippen molar-refractivity contribution >= 4 is 17.9 Å². The summed E-state index contributed by atoms with van der Waals surface area (Å²) in [5.74, 6) is -2.12. The van der Waals surface area contributed by atoms with Gasteiger partial charge in [-0.25, -0.2) is 0 Å². The third-order valence-electron chi connectivity index (χ3n) is 7.00. The molecule has 0 aliphatic rings. The van der Waals surface area contributed by atoms with E-state index in [1.807, 2.05) is 0 Å². The van der Waals surface area contributed by atoms with Crippen LogP contribution in [0.4, 0.5) is 0 Å². The van der Waals surface area contributed by atoms with E-state index >= 15 is 0 Å². The maximum absolute atomic E-state index is 13.6. The first kappa shape index (κ1) is 41.4. The molecule has 0 heterocycles. The van der Waals surface area contributed by atoms with Crippen LogP contribution in [0.1, 0.15) is 53.9 Å². The summed E-state index contributed by atoms with van der Waals surface area (Å²) in [6, 6.07) is 0. The lowest BCUT2D eigenvalue weighted by Crippen LogP contribution is -2.45. The van der Waals surface area contributed by atoms with E-state index in [0.717, 1.165) is 0 Å². The molecule has 0 aliphatic carbocycles. The fourth-order valence-corrected chi connectivity index (χ4v) is 4.59. The quantitative estimate of drug-likeness (QED) is 0.0194. The first-order chi connectivity index (χ1) is 20.6. The Kier molecular flexibility index (Phi) is 20.0.